The highest BCUT2D eigenvalue weighted by Crippen LogP contribution is 2.21. The predicted octanol–water partition coefficient (Wildman–Crippen LogP) is 4.04. The molecular formula is C23H26N2O3. The van der Waals surface area contributed by atoms with Crippen LogP contribution in [0, 0.1) is 13.8 Å². The molecule has 28 heavy (non-hydrogen) atoms. The van der Waals surface area contributed by atoms with Crippen molar-refractivity contribution in [2.75, 3.05) is 18.9 Å². The summed E-state index contributed by atoms with van der Waals surface area (Å²) in [6.45, 7) is 6.78. The zero-order valence-electron chi connectivity index (χ0n) is 16.8. The Kier molecular flexibility index (Phi) is 5.95. The van der Waals surface area contributed by atoms with Gasteiger partial charge in [-0.15, -0.1) is 0 Å². The molecule has 5 nitrogen and oxygen atoms in total. The number of carbonyl (C=O) groups is 1. The Balaban J connectivity index is 1.74. The average molecular weight is 378 g/mol. The Morgan fingerprint density at radius 2 is 1.93 bits per heavy atom. The topological polar surface area (TPSA) is 62.6 Å². The van der Waals surface area contributed by atoms with Gasteiger partial charge in [-0.1, -0.05) is 31.2 Å². The van der Waals surface area contributed by atoms with Crippen molar-refractivity contribution >= 4 is 22.6 Å². The summed E-state index contributed by atoms with van der Waals surface area (Å²) in [5, 5.41) is 3.87. The molecule has 1 amide bonds. The second-order valence-electron chi connectivity index (χ2n) is 7.24. The van der Waals surface area contributed by atoms with Gasteiger partial charge in [0, 0.05) is 23.7 Å². The van der Waals surface area contributed by atoms with Crippen LogP contribution < -0.4 is 10.9 Å². The van der Waals surface area contributed by atoms with E-state index in [4.69, 9.17) is 4.42 Å². The SMILES string of the molecule is CCc1ccc2c(CN(C)CC(=O)Nc3cccc(C)c3C)cc(=O)oc2c1. The van der Waals surface area contributed by atoms with Gasteiger partial charge < -0.3 is 9.73 Å². The normalized spacial score (nSPS) is 11.2. The number of anilines is 1. The summed E-state index contributed by atoms with van der Waals surface area (Å²) in [4.78, 5) is 26.3. The Morgan fingerprint density at radius 3 is 2.68 bits per heavy atom. The highest BCUT2D eigenvalue weighted by Gasteiger charge is 2.12. The van der Waals surface area contributed by atoms with Gasteiger partial charge >= 0.3 is 5.63 Å². The molecule has 3 aromatic rings. The van der Waals surface area contributed by atoms with Crippen molar-refractivity contribution in [2.24, 2.45) is 0 Å². The molecule has 0 saturated heterocycles. The van der Waals surface area contributed by atoms with Crippen LogP contribution in [-0.2, 0) is 17.8 Å². The first kappa shape index (κ1) is 19.8. The minimum atomic E-state index is -0.371. The number of carbonyl (C=O) groups excluding carboxylic acids is 1. The largest absolute Gasteiger partial charge is 0.423 e. The fourth-order valence-corrected chi connectivity index (χ4v) is 3.29. The van der Waals surface area contributed by atoms with E-state index < -0.39 is 0 Å². The lowest BCUT2D eigenvalue weighted by Gasteiger charge is -2.18. The molecular weight excluding hydrogens is 352 g/mol. The summed E-state index contributed by atoms with van der Waals surface area (Å²) < 4.78 is 5.36. The van der Waals surface area contributed by atoms with Gasteiger partial charge in [0.15, 0.2) is 0 Å². The summed E-state index contributed by atoms with van der Waals surface area (Å²) >= 11 is 0. The van der Waals surface area contributed by atoms with Crippen LogP contribution >= 0.6 is 0 Å². The fraction of sp³-hybridized carbons (Fsp3) is 0.304. The van der Waals surface area contributed by atoms with Crippen LogP contribution in [0.4, 0.5) is 5.69 Å². The third-order valence-electron chi connectivity index (χ3n) is 5.04. The van der Waals surface area contributed by atoms with Crippen molar-refractivity contribution in [1.82, 2.24) is 4.90 Å². The van der Waals surface area contributed by atoms with Gasteiger partial charge in [-0.2, -0.15) is 0 Å². The summed E-state index contributed by atoms with van der Waals surface area (Å²) in [5.74, 6) is -0.0864. The first-order valence-corrected chi connectivity index (χ1v) is 9.47. The van der Waals surface area contributed by atoms with Crippen molar-refractivity contribution in [3.8, 4) is 0 Å². The van der Waals surface area contributed by atoms with E-state index in [2.05, 4.69) is 12.2 Å². The maximum absolute atomic E-state index is 12.5. The molecule has 0 aliphatic rings. The van der Waals surface area contributed by atoms with Crippen molar-refractivity contribution in [2.45, 2.75) is 33.7 Å². The summed E-state index contributed by atoms with van der Waals surface area (Å²) in [6, 6.07) is 13.3. The molecule has 0 unspecified atom stereocenters. The molecule has 0 spiro atoms. The molecule has 0 aliphatic heterocycles. The second kappa shape index (κ2) is 8.40. The maximum Gasteiger partial charge on any atom is 0.336 e. The molecule has 0 saturated carbocycles. The van der Waals surface area contributed by atoms with Crippen LogP contribution in [-0.4, -0.2) is 24.4 Å². The number of hydrogen-bond donors (Lipinski definition) is 1. The van der Waals surface area contributed by atoms with Crippen molar-refractivity contribution in [3.05, 3.63) is 75.1 Å². The van der Waals surface area contributed by atoms with E-state index in [0.29, 0.717) is 12.1 Å². The summed E-state index contributed by atoms with van der Waals surface area (Å²) in [7, 11) is 1.86. The minimum Gasteiger partial charge on any atom is -0.423 e. The number of benzene rings is 2. The molecule has 1 N–H and O–H groups in total. The van der Waals surface area contributed by atoms with Crippen LogP contribution in [0.25, 0.3) is 11.0 Å². The zero-order chi connectivity index (χ0) is 20.3. The monoisotopic (exact) mass is 378 g/mol. The van der Waals surface area contributed by atoms with Gasteiger partial charge in [0.05, 0.1) is 6.54 Å². The van der Waals surface area contributed by atoms with Gasteiger partial charge in [0.2, 0.25) is 5.91 Å². The van der Waals surface area contributed by atoms with E-state index in [1.807, 2.05) is 62.2 Å². The van der Waals surface area contributed by atoms with E-state index in [1.54, 1.807) is 0 Å². The third-order valence-corrected chi connectivity index (χ3v) is 5.04. The first-order chi connectivity index (χ1) is 13.4. The number of nitrogens with one attached hydrogen (secondary N) is 1. The molecule has 0 aliphatic carbocycles. The molecule has 1 heterocycles. The second-order valence-corrected chi connectivity index (χ2v) is 7.24. The van der Waals surface area contributed by atoms with Crippen LogP contribution in [0.5, 0.6) is 0 Å². The van der Waals surface area contributed by atoms with Crippen LogP contribution in [0.15, 0.2) is 51.7 Å². The van der Waals surface area contributed by atoms with Crippen molar-refractivity contribution in [1.29, 1.82) is 0 Å². The number of hydrogen-bond acceptors (Lipinski definition) is 4. The van der Waals surface area contributed by atoms with E-state index in [1.165, 1.54) is 6.07 Å². The highest BCUT2D eigenvalue weighted by atomic mass is 16.4. The van der Waals surface area contributed by atoms with E-state index in [0.717, 1.165) is 39.7 Å². The van der Waals surface area contributed by atoms with E-state index >= 15 is 0 Å². The highest BCUT2D eigenvalue weighted by molar-refractivity contribution is 5.93. The van der Waals surface area contributed by atoms with E-state index in [-0.39, 0.29) is 18.1 Å². The van der Waals surface area contributed by atoms with Gasteiger partial charge in [-0.3, -0.25) is 9.69 Å². The molecule has 146 valence electrons. The van der Waals surface area contributed by atoms with Gasteiger partial charge in [-0.25, -0.2) is 4.79 Å². The Morgan fingerprint density at radius 1 is 1.14 bits per heavy atom. The molecule has 1 aromatic heterocycles. The average Bonchev–Trinajstić information content (AvgIpc) is 2.64. The Bertz CT molecular complexity index is 1070. The van der Waals surface area contributed by atoms with E-state index in [9.17, 15) is 9.59 Å². The lowest BCUT2D eigenvalue weighted by molar-refractivity contribution is -0.117. The summed E-state index contributed by atoms with van der Waals surface area (Å²) in [5.41, 5.74) is 5.23. The molecule has 0 atom stereocenters. The fourth-order valence-electron chi connectivity index (χ4n) is 3.29. The summed E-state index contributed by atoms with van der Waals surface area (Å²) in [6.07, 6.45) is 0.877. The van der Waals surface area contributed by atoms with Crippen LogP contribution in [0.3, 0.4) is 0 Å². The Labute approximate surface area is 165 Å². The zero-order valence-corrected chi connectivity index (χ0v) is 16.8. The number of aryl methyl sites for hydroxylation is 2. The van der Waals surface area contributed by atoms with Crippen molar-refractivity contribution in [3.63, 3.8) is 0 Å². The minimum absolute atomic E-state index is 0.0864. The molecule has 0 fully saturated rings. The Hall–Kier alpha value is -2.92. The molecule has 0 bridgehead atoms. The quantitative estimate of drug-likeness (QED) is 0.658. The third kappa shape index (κ3) is 4.49. The van der Waals surface area contributed by atoms with Gasteiger partial charge in [0.25, 0.3) is 0 Å². The van der Waals surface area contributed by atoms with Gasteiger partial charge in [-0.05, 0) is 61.7 Å². The lowest BCUT2D eigenvalue weighted by atomic mass is 10.1. The predicted molar refractivity (Wildman–Crippen MR) is 113 cm³/mol. The molecule has 5 heteroatoms. The number of likely N-dealkylation sites (N-methyl/N-ethyl adjacent to an activating group) is 1. The first-order valence-electron chi connectivity index (χ1n) is 9.47. The number of rotatable bonds is 6. The van der Waals surface area contributed by atoms with Crippen LogP contribution in [0.1, 0.15) is 29.2 Å². The molecule has 3 rings (SSSR count). The molecule has 2 aromatic carbocycles. The van der Waals surface area contributed by atoms with Gasteiger partial charge in [0.1, 0.15) is 5.58 Å². The number of fused-ring (bicyclic) bond motifs is 1. The number of amides is 1. The molecule has 0 radical (unpaired) electrons. The number of nitrogens with zero attached hydrogens (tertiary/aromatic N) is 1. The smallest absolute Gasteiger partial charge is 0.336 e. The lowest BCUT2D eigenvalue weighted by Crippen LogP contribution is -2.30. The standard InChI is InChI=1S/C23H26N2O3/c1-5-17-9-10-19-18(12-23(27)28-21(19)11-17)13-25(4)14-22(26)24-20-8-6-7-15(2)16(20)3/h6-12H,5,13-14H2,1-4H3,(H,24,26). The van der Waals surface area contributed by atoms with Crippen molar-refractivity contribution < 1.29 is 9.21 Å². The van der Waals surface area contributed by atoms with Crippen LogP contribution in [0.2, 0.25) is 0 Å². The maximum atomic E-state index is 12.5.